The summed E-state index contributed by atoms with van der Waals surface area (Å²) in [5.41, 5.74) is -0.864. The monoisotopic (exact) mass is 338 g/mol. The molecule has 0 unspecified atom stereocenters. The lowest BCUT2D eigenvalue weighted by molar-refractivity contribution is -0.140. The minimum Gasteiger partial charge on any atom is -0.382 e. The highest BCUT2D eigenvalue weighted by Gasteiger charge is 2.33. The number of nitrogens with one attached hydrogen (secondary N) is 2. The summed E-state index contributed by atoms with van der Waals surface area (Å²) in [6.45, 7) is 6.65. The van der Waals surface area contributed by atoms with Gasteiger partial charge < -0.3 is 15.4 Å². The van der Waals surface area contributed by atoms with E-state index < -0.39 is 11.9 Å². The summed E-state index contributed by atoms with van der Waals surface area (Å²) < 4.78 is 42.6. The molecule has 1 aromatic rings. The molecule has 0 atom stereocenters. The Morgan fingerprint density at radius 2 is 2.14 bits per heavy atom. The summed E-state index contributed by atoms with van der Waals surface area (Å²) in [5, 5.41) is 7.47. The van der Waals surface area contributed by atoms with Gasteiger partial charge in [0.25, 0.3) is 0 Å². The fraction of sp³-hybridized carbons (Fsp3) is 0.692. The Morgan fingerprint density at radius 1 is 1.36 bits per heavy atom. The summed E-state index contributed by atoms with van der Waals surface area (Å²) in [6.07, 6.45) is -3.58. The highest BCUT2D eigenvalue weighted by molar-refractivity contribution is 7.09. The highest BCUT2D eigenvalue weighted by Crippen LogP contribution is 2.30. The predicted octanol–water partition coefficient (Wildman–Crippen LogP) is 2.64. The van der Waals surface area contributed by atoms with Crippen molar-refractivity contribution in [2.75, 3.05) is 26.3 Å². The van der Waals surface area contributed by atoms with E-state index >= 15 is 0 Å². The van der Waals surface area contributed by atoms with Gasteiger partial charge in [0.05, 0.1) is 6.54 Å². The molecule has 1 heterocycles. The van der Waals surface area contributed by atoms with Gasteiger partial charge in [-0.1, -0.05) is 0 Å². The molecule has 0 aromatic carbocycles. The van der Waals surface area contributed by atoms with Gasteiger partial charge in [-0.05, 0) is 20.3 Å². The number of guanidine groups is 1. The molecular weight excluding hydrogens is 317 g/mol. The molecule has 0 aliphatic heterocycles. The van der Waals surface area contributed by atoms with Crippen LogP contribution in [0, 0.1) is 0 Å². The third-order valence-electron chi connectivity index (χ3n) is 2.52. The Bertz CT molecular complexity index is 462. The number of aliphatic imine (C=N–C) groups is 1. The zero-order valence-corrected chi connectivity index (χ0v) is 13.5. The Balaban J connectivity index is 2.49. The first kappa shape index (κ1) is 18.7. The lowest BCUT2D eigenvalue weighted by Crippen LogP contribution is -2.38. The van der Waals surface area contributed by atoms with Crippen LogP contribution in [0.4, 0.5) is 13.2 Å². The minimum absolute atomic E-state index is 0.113. The van der Waals surface area contributed by atoms with Crippen LogP contribution in [0.1, 0.15) is 31.0 Å². The van der Waals surface area contributed by atoms with Gasteiger partial charge in [-0.15, -0.1) is 11.3 Å². The summed E-state index contributed by atoms with van der Waals surface area (Å²) in [6, 6.07) is 0. The molecule has 1 rings (SSSR count). The molecule has 0 radical (unpaired) electrons. The maximum atomic E-state index is 12.5. The average molecular weight is 338 g/mol. The maximum absolute atomic E-state index is 12.5. The maximum Gasteiger partial charge on any atom is 0.434 e. The van der Waals surface area contributed by atoms with Gasteiger partial charge in [0.1, 0.15) is 5.01 Å². The summed E-state index contributed by atoms with van der Waals surface area (Å²) in [5.74, 6) is 0.558. The second-order valence-electron chi connectivity index (χ2n) is 4.30. The summed E-state index contributed by atoms with van der Waals surface area (Å²) >= 11 is 0.958. The van der Waals surface area contributed by atoms with Crippen molar-refractivity contribution < 1.29 is 17.9 Å². The number of aromatic nitrogens is 1. The molecular formula is C13H21F3N4OS. The van der Waals surface area contributed by atoms with Gasteiger partial charge in [-0.2, -0.15) is 13.2 Å². The molecule has 0 saturated carbocycles. The number of ether oxygens (including phenoxy) is 1. The van der Waals surface area contributed by atoms with Crippen molar-refractivity contribution in [2.24, 2.45) is 4.99 Å². The summed E-state index contributed by atoms with van der Waals surface area (Å²) in [7, 11) is 0. The topological polar surface area (TPSA) is 58.5 Å². The number of hydrogen-bond donors (Lipinski definition) is 2. The Labute approximate surface area is 132 Å². The first-order valence-electron chi connectivity index (χ1n) is 7.08. The zero-order chi connectivity index (χ0) is 16.4. The van der Waals surface area contributed by atoms with Gasteiger partial charge in [0.2, 0.25) is 0 Å². The van der Waals surface area contributed by atoms with Gasteiger partial charge in [0, 0.05) is 31.7 Å². The van der Waals surface area contributed by atoms with Gasteiger partial charge in [-0.3, -0.25) is 0 Å². The molecule has 2 N–H and O–H groups in total. The molecule has 0 fully saturated rings. The van der Waals surface area contributed by atoms with E-state index in [9.17, 15) is 13.2 Å². The van der Waals surface area contributed by atoms with Crippen molar-refractivity contribution >= 4 is 17.3 Å². The van der Waals surface area contributed by atoms with E-state index in [0.717, 1.165) is 23.1 Å². The van der Waals surface area contributed by atoms with Crippen molar-refractivity contribution in [2.45, 2.75) is 33.0 Å². The largest absolute Gasteiger partial charge is 0.434 e. The summed E-state index contributed by atoms with van der Waals surface area (Å²) in [4.78, 5) is 7.78. The van der Waals surface area contributed by atoms with Crippen molar-refractivity contribution in [3.63, 3.8) is 0 Å². The number of hydrogen-bond acceptors (Lipinski definition) is 4. The fourth-order valence-electron chi connectivity index (χ4n) is 1.53. The van der Waals surface area contributed by atoms with Gasteiger partial charge in [0.15, 0.2) is 11.7 Å². The predicted molar refractivity (Wildman–Crippen MR) is 81.0 cm³/mol. The molecule has 22 heavy (non-hydrogen) atoms. The van der Waals surface area contributed by atoms with E-state index in [2.05, 4.69) is 20.6 Å². The van der Waals surface area contributed by atoms with Crippen molar-refractivity contribution in [1.82, 2.24) is 15.6 Å². The quantitative estimate of drug-likeness (QED) is 0.435. The number of rotatable bonds is 8. The van der Waals surface area contributed by atoms with Gasteiger partial charge >= 0.3 is 6.18 Å². The zero-order valence-electron chi connectivity index (χ0n) is 12.7. The average Bonchev–Trinajstić information content (AvgIpc) is 2.93. The molecule has 9 heteroatoms. The van der Waals surface area contributed by atoms with Crippen molar-refractivity contribution in [3.05, 3.63) is 16.1 Å². The van der Waals surface area contributed by atoms with Crippen LogP contribution in [0.5, 0.6) is 0 Å². The van der Waals surface area contributed by atoms with Crippen molar-refractivity contribution in [3.8, 4) is 0 Å². The minimum atomic E-state index is -4.40. The van der Waals surface area contributed by atoms with E-state index in [1.807, 2.05) is 13.8 Å². The van der Waals surface area contributed by atoms with Crippen LogP contribution in [0.3, 0.4) is 0 Å². The first-order chi connectivity index (χ1) is 10.5. The Morgan fingerprint density at radius 3 is 2.73 bits per heavy atom. The van der Waals surface area contributed by atoms with Crippen LogP contribution >= 0.6 is 11.3 Å². The second kappa shape index (κ2) is 9.62. The van der Waals surface area contributed by atoms with Gasteiger partial charge in [-0.25, -0.2) is 9.98 Å². The molecule has 0 spiro atoms. The fourth-order valence-corrected chi connectivity index (χ4v) is 2.25. The number of nitrogens with zero attached hydrogens (tertiary/aromatic N) is 2. The highest BCUT2D eigenvalue weighted by atomic mass is 32.1. The van der Waals surface area contributed by atoms with Crippen molar-refractivity contribution in [1.29, 1.82) is 0 Å². The number of thiazole rings is 1. The van der Waals surface area contributed by atoms with Crippen LogP contribution < -0.4 is 10.6 Å². The standard InChI is InChI=1S/C13H21F3N4OS/c1-3-17-12(18-6-5-7-21-4-2)19-8-11-20-10(9-22-11)13(14,15)16/h9H,3-8H2,1-2H3,(H2,17,18,19). The van der Waals surface area contributed by atoms with E-state index in [1.165, 1.54) is 0 Å². The third-order valence-corrected chi connectivity index (χ3v) is 3.35. The van der Waals surface area contributed by atoms with E-state index in [0.29, 0.717) is 37.3 Å². The van der Waals surface area contributed by atoms with Crippen LogP contribution in [0.15, 0.2) is 10.4 Å². The molecule has 126 valence electrons. The lowest BCUT2D eigenvalue weighted by atomic mass is 10.4. The lowest BCUT2D eigenvalue weighted by Gasteiger charge is -2.10. The van der Waals surface area contributed by atoms with E-state index in [-0.39, 0.29) is 6.54 Å². The Kier molecular flexibility index (Phi) is 8.18. The van der Waals surface area contributed by atoms with E-state index in [4.69, 9.17) is 4.74 Å². The van der Waals surface area contributed by atoms with Crippen LogP contribution in [-0.4, -0.2) is 37.2 Å². The second-order valence-corrected chi connectivity index (χ2v) is 5.24. The normalized spacial score (nSPS) is 12.5. The molecule has 0 amide bonds. The molecule has 0 aliphatic rings. The molecule has 5 nitrogen and oxygen atoms in total. The first-order valence-corrected chi connectivity index (χ1v) is 7.96. The van der Waals surface area contributed by atoms with E-state index in [1.54, 1.807) is 0 Å². The molecule has 0 saturated heterocycles. The van der Waals surface area contributed by atoms with Crippen LogP contribution in [0.25, 0.3) is 0 Å². The smallest absolute Gasteiger partial charge is 0.382 e. The van der Waals surface area contributed by atoms with Crippen LogP contribution in [0.2, 0.25) is 0 Å². The number of alkyl halides is 3. The third kappa shape index (κ3) is 7.08. The molecule has 1 aromatic heterocycles. The van der Waals surface area contributed by atoms with Crippen LogP contribution in [-0.2, 0) is 17.5 Å². The molecule has 0 bridgehead atoms. The molecule has 0 aliphatic carbocycles. The SMILES string of the molecule is CCNC(=NCc1nc(C(F)(F)F)cs1)NCCCOCC. The number of halogens is 3. The Hall–Kier alpha value is -1.35.